The maximum absolute atomic E-state index is 11.9. The molecule has 0 saturated heterocycles. The van der Waals surface area contributed by atoms with Crippen LogP contribution in [0.4, 0.5) is 0 Å². The van der Waals surface area contributed by atoms with Crippen molar-refractivity contribution in [2.45, 2.75) is 0 Å². The third-order valence-corrected chi connectivity index (χ3v) is 2.60. The fourth-order valence-electron chi connectivity index (χ4n) is 1.08. The van der Waals surface area contributed by atoms with Crippen LogP contribution in [0.25, 0.3) is 0 Å². The number of nitrogens with zero attached hydrogens (tertiary/aromatic N) is 2. The monoisotopic (exact) mass is 272 g/mol. The van der Waals surface area contributed by atoms with Crippen molar-refractivity contribution in [1.82, 2.24) is 9.88 Å². The van der Waals surface area contributed by atoms with Crippen LogP contribution in [0.15, 0.2) is 22.9 Å². The van der Waals surface area contributed by atoms with Gasteiger partial charge in [-0.3, -0.25) is 4.79 Å². The second-order valence-electron chi connectivity index (χ2n) is 3.06. The average molecular weight is 273 g/mol. The van der Waals surface area contributed by atoms with Gasteiger partial charge in [-0.2, -0.15) is 0 Å². The summed E-state index contributed by atoms with van der Waals surface area (Å²) in [6, 6.07) is 3.48. The van der Waals surface area contributed by atoms with Gasteiger partial charge in [-0.05, 0) is 28.1 Å². The van der Waals surface area contributed by atoms with E-state index in [2.05, 4.69) is 20.9 Å². The number of amides is 1. The van der Waals surface area contributed by atoms with Gasteiger partial charge in [-0.25, -0.2) is 4.98 Å². The topological polar surface area (TPSA) is 42.4 Å². The Hall–Kier alpha value is -0.940. The van der Waals surface area contributed by atoms with Gasteiger partial charge in [0.05, 0.1) is 12.2 Å². The molecule has 0 aliphatic carbocycles. The predicted molar refractivity (Wildman–Crippen MR) is 60.8 cm³/mol. The van der Waals surface area contributed by atoms with Crippen molar-refractivity contribution in [3.63, 3.8) is 0 Å². The van der Waals surface area contributed by atoms with Crippen LogP contribution in [0.3, 0.4) is 0 Å². The molecule has 82 valence electrons. The molecular formula is C10H13BrN2O2. The molecule has 1 rings (SSSR count). The summed E-state index contributed by atoms with van der Waals surface area (Å²) >= 11 is 3.24. The zero-order valence-corrected chi connectivity index (χ0v) is 10.3. The highest BCUT2D eigenvalue weighted by Gasteiger charge is 2.14. The summed E-state index contributed by atoms with van der Waals surface area (Å²) in [7, 11) is 3.35. The Morgan fingerprint density at radius 1 is 1.67 bits per heavy atom. The maximum atomic E-state index is 11.9. The van der Waals surface area contributed by atoms with E-state index >= 15 is 0 Å². The molecule has 0 atom stereocenters. The number of rotatable bonds is 4. The van der Waals surface area contributed by atoms with E-state index in [1.54, 1.807) is 37.4 Å². The number of halogens is 1. The lowest BCUT2D eigenvalue weighted by molar-refractivity contribution is 0.0743. The third-order valence-electron chi connectivity index (χ3n) is 1.97. The van der Waals surface area contributed by atoms with Crippen LogP contribution >= 0.6 is 15.9 Å². The lowest BCUT2D eigenvalue weighted by Gasteiger charge is -2.16. The summed E-state index contributed by atoms with van der Waals surface area (Å²) in [5.74, 6) is -0.0629. The van der Waals surface area contributed by atoms with Crippen LogP contribution in [-0.4, -0.2) is 43.1 Å². The van der Waals surface area contributed by atoms with Gasteiger partial charge < -0.3 is 9.64 Å². The molecule has 15 heavy (non-hydrogen) atoms. The summed E-state index contributed by atoms with van der Waals surface area (Å²) in [5, 5.41) is 0. The van der Waals surface area contributed by atoms with Crippen molar-refractivity contribution < 1.29 is 9.53 Å². The molecule has 1 heterocycles. The van der Waals surface area contributed by atoms with Crippen LogP contribution in [-0.2, 0) is 4.74 Å². The Morgan fingerprint density at radius 2 is 2.40 bits per heavy atom. The van der Waals surface area contributed by atoms with E-state index in [0.29, 0.717) is 23.3 Å². The molecule has 0 saturated carbocycles. The highest BCUT2D eigenvalue weighted by Crippen LogP contribution is 2.14. The fraction of sp³-hybridized carbons (Fsp3) is 0.400. The Balaban J connectivity index is 2.72. The molecule has 0 unspecified atom stereocenters. The minimum atomic E-state index is -0.0629. The summed E-state index contributed by atoms with van der Waals surface area (Å²) in [6.07, 6.45) is 1.63. The number of pyridine rings is 1. The van der Waals surface area contributed by atoms with E-state index in [1.165, 1.54) is 0 Å². The molecule has 5 heteroatoms. The van der Waals surface area contributed by atoms with Gasteiger partial charge in [0.2, 0.25) is 0 Å². The number of aromatic nitrogens is 1. The van der Waals surface area contributed by atoms with E-state index in [4.69, 9.17) is 4.74 Å². The van der Waals surface area contributed by atoms with Gasteiger partial charge >= 0.3 is 0 Å². The predicted octanol–water partition coefficient (Wildman–Crippen LogP) is 1.56. The van der Waals surface area contributed by atoms with E-state index in [-0.39, 0.29) is 5.91 Å². The van der Waals surface area contributed by atoms with Crippen molar-refractivity contribution in [3.05, 3.63) is 28.5 Å². The number of likely N-dealkylation sites (N-methyl/N-ethyl adjacent to an activating group) is 1. The minimum absolute atomic E-state index is 0.0629. The molecule has 0 aromatic carbocycles. The smallest absolute Gasteiger partial charge is 0.256 e. The first-order valence-corrected chi connectivity index (χ1v) is 5.31. The second-order valence-corrected chi connectivity index (χ2v) is 3.81. The zero-order chi connectivity index (χ0) is 11.3. The minimum Gasteiger partial charge on any atom is -0.383 e. The number of methoxy groups -OCH3 is 1. The van der Waals surface area contributed by atoms with Crippen LogP contribution in [0.1, 0.15) is 10.4 Å². The number of hydrogen-bond donors (Lipinski definition) is 0. The Labute approximate surface area is 97.4 Å². The summed E-state index contributed by atoms with van der Waals surface area (Å²) in [5.41, 5.74) is 0.566. The van der Waals surface area contributed by atoms with Gasteiger partial charge in [0.15, 0.2) is 0 Å². The summed E-state index contributed by atoms with van der Waals surface area (Å²) in [4.78, 5) is 17.5. The highest BCUT2D eigenvalue weighted by molar-refractivity contribution is 9.10. The third kappa shape index (κ3) is 3.28. The largest absolute Gasteiger partial charge is 0.383 e. The molecule has 1 aromatic heterocycles. The lowest BCUT2D eigenvalue weighted by atomic mass is 10.2. The molecule has 4 nitrogen and oxygen atoms in total. The average Bonchev–Trinajstić information content (AvgIpc) is 2.25. The Morgan fingerprint density at radius 3 is 3.00 bits per heavy atom. The van der Waals surface area contributed by atoms with Crippen molar-refractivity contribution in [3.8, 4) is 0 Å². The van der Waals surface area contributed by atoms with Crippen molar-refractivity contribution in [1.29, 1.82) is 0 Å². The van der Waals surface area contributed by atoms with Gasteiger partial charge in [0.25, 0.3) is 5.91 Å². The van der Waals surface area contributed by atoms with Gasteiger partial charge in [0.1, 0.15) is 4.60 Å². The van der Waals surface area contributed by atoms with Crippen molar-refractivity contribution >= 4 is 21.8 Å². The molecule has 1 aromatic rings. The van der Waals surface area contributed by atoms with Gasteiger partial charge in [-0.15, -0.1) is 0 Å². The molecule has 0 fully saturated rings. The van der Waals surface area contributed by atoms with Crippen LogP contribution in [0.2, 0.25) is 0 Å². The van der Waals surface area contributed by atoms with E-state index < -0.39 is 0 Å². The number of ether oxygens (including phenoxy) is 1. The first kappa shape index (κ1) is 12.1. The van der Waals surface area contributed by atoms with Crippen LogP contribution in [0, 0.1) is 0 Å². The first-order valence-electron chi connectivity index (χ1n) is 4.51. The first-order chi connectivity index (χ1) is 7.16. The quantitative estimate of drug-likeness (QED) is 0.782. The number of carbonyl (C=O) groups excluding carboxylic acids is 1. The van der Waals surface area contributed by atoms with Crippen LogP contribution < -0.4 is 0 Å². The molecular weight excluding hydrogens is 260 g/mol. The SMILES string of the molecule is COCCN(C)C(=O)c1cccnc1Br. The van der Waals surface area contributed by atoms with Crippen molar-refractivity contribution in [2.24, 2.45) is 0 Å². The van der Waals surface area contributed by atoms with E-state index in [0.717, 1.165) is 0 Å². The lowest BCUT2D eigenvalue weighted by Crippen LogP contribution is -2.30. The Bertz CT molecular complexity index is 344. The number of hydrogen-bond acceptors (Lipinski definition) is 3. The molecule has 1 amide bonds. The van der Waals surface area contributed by atoms with Gasteiger partial charge in [-0.1, -0.05) is 0 Å². The van der Waals surface area contributed by atoms with Gasteiger partial charge in [0, 0.05) is 26.9 Å². The summed E-state index contributed by atoms with van der Waals surface area (Å²) < 4.78 is 5.48. The normalized spacial score (nSPS) is 10.1. The molecule has 0 spiro atoms. The second kappa shape index (κ2) is 5.82. The molecule has 0 aliphatic rings. The number of carbonyl (C=O) groups is 1. The standard InChI is InChI=1S/C10H13BrN2O2/c1-13(6-7-15-2)10(14)8-4-3-5-12-9(8)11/h3-5H,6-7H2,1-2H3. The Kier molecular flexibility index (Phi) is 4.71. The molecule has 0 bridgehead atoms. The zero-order valence-electron chi connectivity index (χ0n) is 8.74. The van der Waals surface area contributed by atoms with Crippen LogP contribution in [0.5, 0.6) is 0 Å². The van der Waals surface area contributed by atoms with Crippen molar-refractivity contribution in [2.75, 3.05) is 27.3 Å². The fourth-order valence-corrected chi connectivity index (χ4v) is 1.50. The molecule has 0 radical (unpaired) electrons. The van der Waals surface area contributed by atoms with E-state index in [1.807, 2.05) is 0 Å². The van der Waals surface area contributed by atoms with E-state index in [9.17, 15) is 4.79 Å². The summed E-state index contributed by atoms with van der Waals surface area (Å²) in [6.45, 7) is 1.09. The highest BCUT2D eigenvalue weighted by atomic mass is 79.9. The molecule has 0 N–H and O–H groups in total. The molecule has 0 aliphatic heterocycles. The maximum Gasteiger partial charge on any atom is 0.256 e.